The molecule has 0 aromatic heterocycles. The van der Waals surface area contributed by atoms with Crippen LogP contribution in [0.5, 0.6) is 0 Å². The van der Waals surface area contributed by atoms with E-state index in [0.29, 0.717) is 5.92 Å². The molecular formula is C11H21NO2. The molecule has 1 saturated carbocycles. The lowest BCUT2D eigenvalue weighted by Gasteiger charge is -2.39. The molecule has 3 nitrogen and oxygen atoms in total. The van der Waals surface area contributed by atoms with E-state index >= 15 is 0 Å². The van der Waals surface area contributed by atoms with Crippen LogP contribution in [0.4, 0.5) is 0 Å². The fraction of sp³-hybridized carbons (Fsp3) is 0.909. The number of rotatable bonds is 3. The predicted octanol–water partition coefficient (Wildman–Crippen LogP) is 2.00. The van der Waals surface area contributed by atoms with Crippen LogP contribution in [0.25, 0.3) is 0 Å². The van der Waals surface area contributed by atoms with Crippen LogP contribution in [0.3, 0.4) is 0 Å². The first-order valence-electron chi connectivity index (χ1n) is 5.44. The molecule has 1 rings (SSSR count). The highest BCUT2D eigenvalue weighted by atomic mass is 16.4. The maximum atomic E-state index is 10.9. The van der Waals surface area contributed by atoms with Gasteiger partial charge in [0.15, 0.2) is 0 Å². The summed E-state index contributed by atoms with van der Waals surface area (Å²) in [5.74, 6) is -0.400. The first-order valence-corrected chi connectivity index (χ1v) is 5.44. The van der Waals surface area contributed by atoms with E-state index in [9.17, 15) is 4.79 Å². The second-order valence-electron chi connectivity index (χ2n) is 4.97. The molecule has 1 atom stereocenters. The van der Waals surface area contributed by atoms with Gasteiger partial charge in [-0.2, -0.15) is 0 Å². The molecule has 3 N–H and O–H groups in total. The number of carboxylic acid groups (broad SMARTS) is 1. The van der Waals surface area contributed by atoms with Crippen molar-refractivity contribution in [2.24, 2.45) is 17.1 Å². The minimum absolute atomic E-state index is 0.272. The molecule has 0 aliphatic heterocycles. The Labute approximate surface area is 85.7 Å². The van der Waals surface area contributed by atoms with Crippen molar-refractivity contribution in [3.05, 3.63) is 0 Å². The lowest BCUT2D eigenvalue weighted by atomic mass is 9.67. The van der Waals surface area contributed by atoms with Crippen molar-refractivity contribution < 1.29 is 9.90 Å². The summed E-state index contributed by atoms with van der Waals surface area (Å²) in [6.45, 7) is 3.98. The van der Waals surface area contributed by atoms with Crippen LogP contribution in [0, 0.1) is 11.3 Å². The average molecular weight is 199 g/mol. The van der Waals surface area contributed by atoms with Gasteiger partial charge in [-0.25, -0.2) is 0 Å². The normalized spacial score (nSPS) is 21.9. The predicted molar refractivity (Wildman–Crippen MR) is 56.0 cm³/mol. The Kier molecular flexibility index (Phi) is 3.53. The number of carbonyl (C=O) groups is 1. The minimum atomic E-state index is -0.874. The summed E-state index contributed by atoms with van der Waals surface area (Å²) >= 11 is 0. The number of carboxylic acids is 1. The van der Waals surface area contributed by atoms with Crippen LogP contribution in [0.1, 0.15) is 46.0 Å². The third-order valence-corrected chi connectivity index (χ3v) is 3.72. The zero-order chi connectivity index (χ0) is 10.8. The molecule has 1 aliphatic rings. The van der Waals surface area contributed by atoms with Crippen LogP contribution in [-0.2, 0) is 4.79 Å². The van der Waals surface area contributed by atoms with E-state index in [1.54, 1.807) is 0 Å². The van der Waals surface area contributed by atoms with Gasteiger partial charge in [-0.15, -0.1) is 0 Å². The summed E-state index contributed by atoms with van der Waals surface area (Å²) in [6.07, 6.45) is 6.00. The van der Waals surface area contributed by atoms with Crippen molar-refractivity contribution in [3.63, 3.8) is 0 Å². The van der Waals surface area contributed by atoms with Crippen molar-refractivity contribution in [1.29, 1.82) is 0 Å². The van der Waals surface area contributed by atoms with Crippen molar-refractivity contribution >= 4 is 5.97 Å². The van der Waals surface area contributed by atoms with Gasteiger partial charge in [0.1, 0.15) is 6.04 Å². The molecule has 1 fully saturated rings. The van der Waals surface area contributed by atoms with Crippen LogP contribution in [0.15, 0.2) is 0 Å². The summed E-state index contributed by atoms with van der Waals surface area (Å²) in [4.78, 5) is 10.9. The van der Waals surface area contributed by atoms with Gasteiger partial charge in [-0.3, -0.25) is 4.79 Å². The van der Waals surface area contributed by atoms with Crippen LogP contribution in [0.2, 0.25) is 0 Å². The molecule has 0 aromatic rings. The van der Waals surface area contributed by atoms with Gasteiger partial charge in [0.05, 0.1) is 0 Å². The quantitative estimate of drug-likeness (QED) is 0.730. The summed E-state index contributed by atoms with van der Waals surface area (Å²) in [5, 5.41) is 8.92. The van der Waals surface area contributed by atoms with E-state index in [2.05, 4.69) is 0 Å². The Morgan fingerprint density at radius 3 is 2.29 bits per heavy atom. The lowest BCUT2D eigenvalue weighted by Crippen LogP contribution is -2.48. The second-order valence-corrected chi connectivity index (χ2v) is 4.97. The van der Waals surface area contributed by atoms with Gasteiger partial charge < -0.3 is 10.8 Å². The molecule has 0 bridgehead atoms. The van der Waals surface area contributed by atoms with E-state index in [1.165, 1.54) is 19.3 Å². The van der Waals surface area contributed by atoms with Gasteiger partial charge in [-0.05, 0) is 24.2 Å². The summed E-state index contributed by atoms with van der Waals surface area (Å²) in [6, 6.07) is -0.731. The van der Waals surface area contributed by atoms with E-state index < -0.39 is 12.0 Å². The monoisotopic (exact) mass is 199 g/mol. The molecular weight excluding hydrogens is 178 g/mol. The Morgan fingerprint density at radius 2 is 1.86 bits per heavy atom. The third kappa shape index (κ3) is 2.27. The van der Waals surface area contributed by atoms with E-state index in [0.717, 1.165) is 12.8 Å². The maximum absolute atomic E-state index is 10.9. The van der Waals surface area contributed by atoms with Crippen LogP contribution in [-0.4, -0.2) is 17.1 Å². The minimum Gasteiger partial charge on any atom is -0.480 e. The number of aliphatic carboxylic acids is 1. The second kappa shape index (κ2) is 4.30. The van der Waals surface area contributed by atoms with Gasteiger partial charge in [-0.1, -0.05) is 33.1 Å². The molecule has 0 saturated heterocycles. The summed E-state index contributed by atoms with van der Waals surface area (Å²) in [7, 11) is 0. The standard InChI is InChI=1S/C11H21NO2/c1-11(2,9(12)10(13)14)8-6-4-3-5-7-8/h8-9H,3-7,12H2,1-2H3,(H,13,14). The van der Waals surface area contributed by atoms with E-state index in [1.807, 2.05) is 13.8 Å². The Bertz CT molecular complexity index is 207. The first-order chi connectivity index (χ1) is 6.46. The van der Waals surface area contributed by atoms with E-state index in [-0.39, 0.29) is 5.41 Å². The topological polar surface area (TPSA) is 63.3 Å². The highest BCUT2D eigenvalue weighted by Gasteiger charge is 2.39. The smallest absolute Gasteiger partial charge is 0.321 e. The molecule has 0 aromatic carbocycles. The molecule has 82 valence electrons. The van der Waals surface area contributed by atoms with Gasteiger partial charge in [0.25, 0.3) is 0 Å². The lowest BCUT2D eigenvalue weighted by molar-refractivity contribution is -0.142. The largest absolute Gasteiger partial charge is 0.480 e. The SMILES string of the molecule is CC(C)(C1CCCCC1)C(N)C(=O)O. The van der Waals surface area contributed by atoms with Crippen molar-refractivity contribution in [2.75, 3.05) is 0 Å². The number of nitrogens with two attached hydrogens (primary N) is 1. The fourth-order valence-corrected chi connectivity index (χ4v) is 2.42. The zero-order valence-corrected chi connectivity index (χ0v) is 9.12. The summed E-state index contributed by atoms with van der Waals surface area (Å²) in [5.41, 5.74) is 5.45. The van der Waals surface area contributed by atoms with Crippen LogP contribution < -0.4 is 5.73 Å². The highest BCUT2D eigenvalue weighted by Crippen LogP contribution is 2.39. The molecule has 0 radical (unpaired) electrons. The van der Waals surface area contributed by atoms with Gasteiger partial charge in [0.2, 0.25) is 0 Å². The van der Waals surface area contributed by atoms with Crippen molar-refractivity contribution in [1.82, 2.24) is 0 Å². The Morgan fingerprint density at radius 1 is 1.36 bits per heavy atom. The molecule has 1 unspecified atom stereocenters. The van der Waals surface area contributed by atoms with E-state index in [4.69, 9.17) is 10.8 Å². The Balaban J connectivity index is 2.66. The molecule has 0 heterocycles. The molecule has 14 heavy (non-hydrogen) atoms. The average Bonchev–Trinajstić information content (AvgIpc) is 2.18. The molecule has 1 aliphatic carbocycles. The first kappa shape index (κ1) is 11.5. The number of hydrogen-bond acceptors (Lipinski definition) is 2. The van der Waals surface area contributed by atoms with Crippen molar-refractivity contribution in [3.8, 4) is 0 Å². The van der Waals surface area contributed by atoms with Crippen LogP contribution >= 0.6 is 0 Å². The van der Waals surface area contributed by atoms with Gasteiger partial charge in [0, 0.05) is 0 Å². The Hall–Kier alpha value is -0.570. The maximum Gasteiger partial charge on any atom is 0.321 e. The number of hydrogen-bond donors (Lipinski definition) is 2. The van der Waals surface area contributed by atoms with Gasteiger partial charge >= 0.3 is 5.97 Å². The highest BCUT2D eigenvalue weighted by molar-refractivity contribution is 5.74. The molecule has 0 spiro atoms. The third-order valence-electron chi connectivity index (χ3n) is 3.72. The fourth-order valence-electron chi connectivity index (χ4n) is 2.42. The molecule has 3 heteroatoms. The summed E-state index contributed by atoms with van der Waals surface area (Å²) < 4.78 is 0. The molecule has 0 amide bonds. The van der Waals surface area contributed by atoms with Crippen molar-refractivity contribution in [2.45, 2.75) is 52.0 Å². The zero-order valence-electron chi connectivity index (χ0n) is 9.12.